The molecule has 0 spiro atoms. The second-order valence-corrected chi connectivity index (χ2v) is 5.55. The van der Waals surface area contributed by atoms with Gasteiger partial charge in [-0.2, -0.15) is 0 Å². The van der Waals surface area contributed by atoms with Gasteiger partial charge in [-0.05, 0) is 33.6 Å². The van der Waals surface area contributed by atoms with Crippen LogP contribution in [-0.2, 0) is 9.53 Å². The quantitative estimate of drug-likeness (QED) is 0.527. The van der Waals surface area contributed by atoms with E-state index >= 15 is 0 Å². The molecule has 0 aromatic carbocycles. The van der Waals surface area contributed by atoms with Crippen LogP contribution in [0.4, 0.5) is 4.79 Å². The Morgan fingerprint density at radius 2 is 2.05 bits per heavy atom. The summed E-state index contributed by atoms with van der Waals surface area (Å²) < 4.78 is 4.89. The highest BCUT2D eigenvalue weighted by Crippen LogP contribution is 2.13. The van der Waals surface area contributed by atoms with Crippen LogP contribution in [0.15, 0.2) is 12.7 Å². The topological polar surface area (TPSA) is 78.9 Å². The molecule has 0 aliphatic rings. The Morgan fingerprint density at radius 1 is 1.45 bits per heavy atom. The summed E-state index contributed by atoms with van der Waals surface area (Å²) in [5, 5.41) is 11.7. The first-order valence-corrected chi connectivity index (χ1v) is 6.64. The molecule has 0 aliphatic heterocycles. The van der Waals surface area contributed by atoms with Crippen LogP contribution in [0.3, 0.4) is 0 Å². The van der Waals surface area contributed by atoms with E-state index in [2.05, 4.69) is 11.9 Å². The summed E-state index contributed by atoms with van der Waals surface area (Å²) in [6.45, 7) is 10.1. The minimum atomic E-state index is -1.04. The number of hydrogen-bond donors (Lipinski definition) is 2. The van der Waals surface area contributed by atoms with Crippen molar-refractivity contribution in [3.05, 3.63) is 12.7 Å². The molecule has 0 fully saturated rings. The zero-order chi connectivity index (χ0) is 15.8. The van der Waals surface area contributed by atoms with Crippen LogP contribution in [0.5, 0.6) is 0 Å². The zero-order valence-corrected chi connectivity index (χ0v) is 12.8. The number of nitrogens with zero attached hydrogens (tertiary/aromatic N) is 1. The van der Waals surface area contributed by atoms with Gasteiger partial charge in [-0.25, -0.2) is 9.59 Å². The van der Waals surface area contributed by atoms with E-state index < -0.39 is 23.6 Å². The van der Waals surface area contributed by atoms with Gasteiger partial charge < -0.3 is 20.1 Å². The maximum absolute atomic E-state index is 12.2. The summed E-state index contributed by atoms with van der Waals surface area (Å²) in [5.41, 5.74) is -0.409. The van der Waals surface area contributed by atoms with Gasteiger partial charge in [0, 0.05) is 25.8 Å². The summed E-state index contributed by atoms with van der Waals surface area (Å²) in [6, 6.07) is -1.31. The molecule has 1 unspecified atom stereocenters. The molecule has 0 bridgehead atoms. The smallest absolute Gasteiger partial charge is 0.326 e. The van der Waals surface area contributed by atoms with Crippen LogP contribution in [0.25, 0.3) is 0 Å². The predicted molar refractivity (Wildman–Crippen MR) is 77.7 cm³/mol. The maximum atomic E-state index is 12.2. The highest BCUT2D eigenvalue weighted by Gasteiger charge is 2.28. The fourth-order valence-corrected chi connectivity index (χ4v) is 1.71. The van der Waals surface area contributed by atoms with E-state index in [1.165, 1.54) is 0 Å². The van der Waals surface area contributed by atoms with Crippen LogP contribution >= 0.6 is 0 Å². The number of carboxylic acid groups (broad SMARTS) is 1. The fraction of sp³-hybridized carbons (Fsp3) is 0.714. The number of carbonyl (C=O) groups is 2. The van der Waals surface area contributed by atoms with Gasteiger partial charge in [-0.1, -0.05) is 6.08 Å². The average Bonchev–Trinajstić information content (AvgIpc) is 2.33. The number of ether oxygens (including phenoxy) is 1. The highest BCUT2D eigenvalue weighted by molar-refractivity contribution is 5.83. The first-order chi connectivity index (χ1) is 9.23. The number of methoxy groups -OCH3 is 1. The molecule has 0 radical (unpaired) electrons. The standard InChI is InChI=1S/C14H26N2O4/c1-6-9-16(14(2,3)4)13(19)15-11(12(17)18)8-7-10-20-5/h6,11H,1,7-10H2,2-5H3,(H,15,19)(H,17,18). The molecule has 2 amide bonds. The first kappa shape index (κ1) is 18.4. The minimum Gasteiger partial charge on any atom is -0.480 e. The number of amides is 2. The molecular weight excluding hydrogens is 260 g/mol. The van der Waals surface area contributed by atoms with Crippen LogP contribution in [-0.4, -0.2) is 53.8 Å². The molecule has 6 heteroatoms. The Bertz CT molecular complexity index is 337. The van der Waals surface area contributed by atoms with Gasteiger partial charge in [-0.15, -0.1) is 6.58 Å². The summed E-state index contributed by atoms with van der Waals surface area (Å²) in [4.78, 5) is 24.9. The van der Waals surface area contributed by atoms with Crippen molar-refractivity contribution < 1.29 is 19.4 Å². The van der Waals surface area contributed by atoms with Crippen molar-refractivity contribution >= 4 is 12.0 Å². The van der Waals surface area contributed by atoms with Crippen LogP contribution in [0.1, 0.15) is 33.6 Å². The number of carbonyl (C=O) groups excluding carboxylic acids is 1. The second kappa shape index (κ2) is 8.58. The summed E-state index contributed by atoms with van der Waals surface area (Å²) in [7, 11) is 1.56. The van der Waals surface area contributed by atoms with Crippen molar-refractivity contribution in [3.8, 4) is 0 Å². The van der Waals surface area contributed by atoms with Gasteiger partial charge in [0.25, 0.3) is 0 Å². The van der Waals surface area contributed by atoms with Gasteiger partial charge in [0.2, 0.25) is 0 Å². The molecule has 6 nitrogen and oxygen atoms in total. The van der Waals surface area contributed by atoms with Crippen molar-refractivity contribution in [2.45, 2.75) is 45.2 Å². The van der Waals surface area contributed by atoms with Crippen LogP contribution in [0, 0.1) is 0 Å². The lowest BCUT2D eigenvalue weighted by atomic mass is 10.1. The van der Waals surface area contributed by atoms with E-state index in [1.807, 2.05) is 20.8 Å². The summed E-state index contributed by atoms with van der Waals surface area (Å²) in [5.74, 6) is -1.04. The Kier molecular flexibility index (Phi) is 7.91. The molecular formula is C14H26N2O4. The molecule has 0 saturated heterocycles. The third-order valence-corrected chi connectivity index (χ3v) is 2.80. The molecule has 116 valence electrons. The number of nitrogens with one attached hydrogen (secondary N) is 1. The van der Waals surface area contributed by atoms with E-state index in [-0.39, 0.29) is 0 Å². The second-order valence-electron chi connectivity index (χ2n) is 5.55. The van der Waals surface area contributed by atoms with Gasteiger partial charge >= 0.3 is 12.0 Å². The monoisotopic (exact) mass is 286 g/mol. The third-order valence-electron chi connectivity index (χ3n) is 2.80. The van der Waals surface area contributed by atoms with E-state index in [0.29, 0.717) is 26.0 Å². The van der Waals surface area contributed by atoms with Crippen LogP contribution < -0.4 is 5.32 Å². The fourth-order valence-electron chi connectivity index (χ4n) is 1.71. The predicted octanol–water partition coefficient (Wildman–Crippen LogP) is 1.86. The molecule has 0 aliphatic carbocycles. The van der Waals surface area contributed by atoms with Crippen molar-refractivity contribution in [1.29, 1.82) is 0 Å². The Labute approximate surface area is 120 Å². The molecule has 1 atom stereocenters. The Hall–Kier alpha value is -1.56. The molecule has 0 aromatic heterocycles. The molecule has 2 N–H and O–H groups in total. The zero-order valence-electron chi connectivity index (χ0n) is 12.8. The number of aliphatic carboxylic acids is 1. The van der Waals surface area contributed by atoms with E-state index in [4.69, 9.17) is 9.84 Å². The lowest BCUT2D eigenvalue weighted by molar-refractivity contribution is -0.139. The van der Waals surface area contributed by atoms with Crippen LogP contribution in [0.2, 0.25) is 0 Å². The van der Waals surface area contributed by atoms with E-state index in [9.17, 15) is 9.59 Å². The van der Waals surface area contributed by atoms with Gasteiger partial charge in [0.15, 0.2) is 0 Å². The lowest BCUT2D eigenvalue weighted by Crippen LogP contribution is -2.54. The molecule has 0 aromatic rings. The number of urea groups is 1. The third kappa shape index (κ3) is 6.56. The number of rotatable bonds is 8. The van der Waals surface area contributed by atoms with Crippen molar-refractivity contribution in [1.82, 2.24) is 10.2 Å². The Balaban J connectivity index is 4.70. The highest BCUT2D eigenvalue weighted by atomic mass is 16.5. The van der Waals surface area contributed by atoms with Gasteiger partial charge in [0.1, 0.15) is 6.04 Å². The van der Waals surface area contributed by atoms with E-state index in [1.54, 1.807) is 18.1 Å². The average molecular weight is 286 g/mol. The van der Waals surface area contributed by atoms with Crippen molar-refractivity contribution in [3.63, 3.8) is 0 Å². The summed E-state index contributed by atoms with van der Waals surface area (Å²) >= 11 is 0. The Morgan fingerprint density at radius 3 is 2.45 bits per heavy atom. The summed E-state index contributed by atoms with van der Waals surface area (Å²) in [6.07, 6.45) is 2.53. The van der Waals surface area contributed by atoms with Gasteiger partial charge in [-0.3, -0.25) is 0 Å². The normalized spacial score (nSPS) is 12.6. The largest absolute Gasteiger partial charge is 0.480 e. The maximum Gasteiger partial charge on any atom is 0.326 e. The van der Waals surface area contributed by atoms with E-state index in [0.717, 1.165) is 0 Å². The number of carboxylic acids is 1. The molecule has 0 saturated carbocycles. The molecule has 0 rings (SSSR count). The lowest BCUT2D eigenvalue weighted by Gasteiger charge is -2.35. The van der Waals surface area contributed by atoms with Crippen molar-refractivity contribution in [2.24, 2.45) is 0 Å². The number of hydrogen-bond acceptors (Lipinski definition) is 3. The van der Waals surface area contributed by atoms with Gasteiger partial charge in [0.05, 0.1) is 0 Å². The SMILES string of the molecule is C=CCN(C(=O)NC(CCCOC)C(=O)O)C(C)(C)C. The first-order valence-electron chi connectivity index (χ1n) is 6.64. The molecule has 20 heavy (non-hydrogen) atoms. The van der Waals surface area contributed by atoms with Crippen molar-refractivity contribution in [2.75, 3.05) is 20.3 Å². The minimum absolute atomic E-state index is 0.334. The molecule has 0 heterocycles.